The lowest BCUT2D eigenvalue weighted by Crippen LogP contribution is -2.23. The number of halogens is 4. The molecule has 0 spiro atoms. The van der Waals surface area contributed by atoms with E-state index in [1.165, 1.54) is 47.4 Å². The van der Waals surface area contributed by atoms with Gasteiger partial charge in [0.2, 0.25) is 0 Å². The third-order valence-corrected chi connectivity index (χ3v) is 5.20. The molecule has 0 radical (unpaired) electrons. The van der Waals surface area contributed by atoms with Crippen LogP contribution in [-0.4, -0.2) is 31.9 Å². The van der Waals surface area contributed by atoms with Crippen molar-refractivity contribution >= 4 is 16.8 Å². The van der Waals surface area contributed by atoms with Crippen LogP contribution in [-0.2, 0) is 20.1 Å². The van der Waals surface area contributed by atoms with Crippen LogP contribution in [0.3, 0.4) is 0 Å². The highest BCUT2D eigenvalue weighted by Crippen LogP contribution is 2.36. The number of hydrogen-bond donors (Lipinski definition) is 0. The Morgan fingerprint density at radius 2 is 2.00 bits per heavy atom. The summed E-state index contributed by atoms with van der Waals surface area (Å²) in [5.74, 6) is -1.78. The smallest absolute Gasteiger partial charge is 0.403 e. The fourth-order valence-electron chi connectivity index (χ4n) is 3.77. The second-order valence-corrected chi connectivity index (χ2v) is 7.43. The molecule has 10 heteroatoms. The molecule has 0 N–H and O–H groups in total. The van der Waals surface area contributed by atoms with E-state index in [2.05, 4.69) is 14.8 Å². The van der Waals surface area contributed by atoms with E-state index in [0.717, 1.165) is 11.0 Å². The molecule has 4 aromatic rings. The van der Waals surface area contributed by atoms with Crippen LogP contribution in [0.25, 0.3) is 22.0 Å². The van der Waals surface area contributed by atoms with Gasteiger partial charge in [0, 0.05) is 36.9 Å². The largest absolute Gasteiger partial charge is 0.573 e. The van der Waals surface area contributed by atoms with E-state index < -0.39 is 30.3 Å². The van der Waals surface area contributed by atoms with Gasteiger partial charge in [-0.25, -0.2) is 4.39 Å². The summed E-state index contributed by atoms with van der Waals surface area (Å²) < 4.78 is 75.5. The van der Waals surface area contributed by atoms with Crippen molar-refractivity contribution in [3.8, 4) is 16.9 Å². The summed E-state index contributed by atoms with van der Waals surface area (Å²) in [7, 11) is 1.54. The quantitative estimate of drug-likeness (QED) is 0.411. The predicted molar refractivity (Wildman–Crippen MR) is 111 cm³/mol. The number of aromatic nitrogens is 3. The van der Waals surface area contributed by atoms with Crippen LogP contribution in [0, 0.1) is 5.82 Å². The summed E-state index contributed by atoms with van der Waals surface area (Å²) in [6.45, 7) is -2.55. The van der Waals surface area contributed by atoms with Gasteiger partial charge in [-0.3, -0.25) is 14.5 Å². The van der Waals surface area contributed by atoms with Gasteiger partial charge in [-0.15, -0.1) is 13.2 Å². The molecule has 0 bridgehead atoms. The number of hydrogen-bond acceptors (Lipinski definition) is 4. The maximum atomic E-state index is 15.1. The molecule has 0 unspecified atom stereocenters. The molecule has 2 aromatic carbocycles. The second kappa shape index (κ2) is 7.58. The van der Waals surface area contributed by atoms with Crippen molar-refractivity contribution in [1.82, 2.24) is 19.7 Å². The molecule has 1 amide bonds. The molecule has 0 saturated carbocycles. The minimum absolute atomic E-state index is 0.0258. The number of rotatable bonds is 4. The first-order valence-electron chi connectivity index (χ1n) is 10.7. The molecule has 33 heavy (non-hydrogen) atoms. The summed E-state index contributed by atoms with van der Waals surface area (Å²) in [6, 6.07) is 9.63. The third-order valence-electron chi connectivity index (χ3n) is 5.20. The number of carbonyl (C=O) groups excluding carboxylic acids is 1. The SMILES string of the molecule is [2H]C1([2H])c2ncccc2C(=O)N1Cc1ccc(-c2ccc(OC(F)(F)F)c3nn(C)cc23)cc1F. The fraction of sp³-hybridized carbons (Fsp3) is 0.174. The van der Waals surface area contributed by atoms with Crippen molar-refractivity contribution in [2.75, 3.05) is 0 Å². The zero-order valence-corrected chi connectivity index (χ0v) is 17.0. The van der Waals surface area contributed by atoms with Crippen molar-refractivity contribution < 1.29 is 29.8 Å². The van der Waals surface area contributed by atoms with E-state index in [4.69, 9.17) is 2.74 Å². The van der Waals surface area contributed by atoms with Crippen molar-refractivity contribution in [2.24, 2.45) is 7.05 Å². The van der Waals surface area contributed by atoms with Crippen LogP contribution in [0.4, 0.5) is 17.6 Å². The fourth-order valence-corrected chi connectivity index (χ4v) is 3.77. The number of carbonyl (C=O) groups is 1. The predicted octanol–water partition coefficient (Wildman–Crippen LogP) is 4.83. The molecule has 0 saturated heterocycles. The summed E-state index contributed by atoms with van der Waals surface area (Å²) in [4.78, 5) is 17.6. The van der Waals surface area contributed by atoms with Crippen molar-refractivity contribution in [3.63, 3.8) is 0 Å². The minimum atomic E-state index is -4.90. The normalized spacial score (nSPS) is 16.0. The van der Waals surface area contributed by atoms with Gasteiger partial charge in [-0.05, 0) is 41.5 Å². The van der Waals surface area contributed by atoms with Gasteiger partial charge in [-0.1, -0.05) is 12.1 Å². The van der Waals surface area contributed by atoms with Crippen LogP contribution in [0.15, 0.2) is 54.9 Å². The lowest BCUT2D eigenvalue weighted by molar-refractivity contribution is -0.274. The van der Waals surface area contributed by atoms with Gasteiger partial charge in [-0.2, -0.15) is 5.10 Å². The Bertz CT molecular complexity index is 1490. The van der Waals surface area contributed by atoms with Crippen LogP contribution < -0.4 is 4.74 Å². The lowest BCUT2D eigenvalue weighted by atomic mass is 9.99. The molecule has 2 aromatic heterocycles. The molecule has 168 valence electrons. The molecule has 3 heterocycles. The lowest BCUT2D eigenvalue weighted by Gasteiger charge is -2.16. The molecule has 0 fully saturated rings. The van der Waals surface area contributed by atoms with Crippen LogP contribution in [0.1, 0.15) is 24.4 Å². The van der Waals surface area contributed by atoms with Gasteiger partial charge in [0.1, 0.15) is 11.3 Å². The summed E-state index contributed by atoms with van der Waals surface area (Å²) in [5, 5.41) is 4.37. The molecule has 5 rings (SSSR count). The van der Waals surface area contributed by atoms with Gasteiger partial charge >= 0.3 is 6.36 Å². The maximum absolute atomic E-state index is 15.1. The Morgan fingerprint density at radius 3 is 2.73 bits per heavy atom. The van der Waals surface area contributed by atoms with E-state index in [0.29, 0.717) is 16.5 Å². The number of amides is 1. The highest BCUT2D eigenvalue weighted by molar-refractivity contribution is 5.98. The van der Waals surface area contributed by atoms with Crippen molar-refractivity contribution in [2.45, 2.75) is 19.4 Å². The van der Waals surface area contributed by atoms with Crippen molar-refractivity contribution in [1.29, 1.82) is 0 Å². The molecule has 0 aliphatic carbocycles. The van der Waals surface area contributed by atoms with Gasteiger partial charge in [0.15, 0.2) is 5.75 Å². The van der Waals surface area contributed by atoms with E-state index in [-0.39, 0.29) is 28.9 Å². The molecular formula is C23H16F4N4O2. The van der Waals surface area contributed by atoms with E-state index in [1.54, 1.807) is 13.1 Å². The molecule has 0 atom stereocenters. The summed E-state index contributed by atoms with van der Waals surface area (Å²) in [6.07, 6.45) is -2.01. The van der Waals surface area contributed by atoms with Crippen molar-refractivity contribution in [3.05, 3.63) is 77.5 Å². The topological polar surface area (TPSA) is 60.3 Å². The Labute approximate surface area is 187 Å². The maximum Gasteiger partial charge on any atom is 0.573 e. The molecule has 1 aliphatic heterocycles. The number of fused-ring (bicyclic) bond motifs is 2. The zero-order valence-electron chi connectivity index (χ0n) is 19.0. The van der Waals surface area contributed by atoms with Gasteiger partial charge in [0.05, 0.1) is 20.5 Å². The molecule has 1 aliphatic rings. The molecule has 6 nitrogen and oxygen atoms in total. The number of benzene rings is 2. The minimum Gasteiger partial charge on any atom is -0.403 e. The van der Waals surface area contributed by atoms with Gasteiger partial charge in [0.25, 0.3) is 5.91 Å². The highest BCUT2D eigenvalue weighted by atomic mass is 19.4. The second-order valence-electron chi connectivity index (χ2n) is 7.43. The number of pyridine rings is 1. The molecular weight excluding hydrogens is 440 g/mol. The van der Waals surface area contributed by atoms with E-state index in [1.807, 2.05) is 0 Å². The third kappa shape index (κ3) is 3.88. The Morgan fingerprint density at radius 1 is 1.18 bits per heavy atom. The van der Waals surface area contributed by atoms with Crippen LogP contribution >= 0.6 is 0 Å². The summed E-state index contributed by atoms with van der Waals surface area (Å²) in [5.41, 5.74) is 0.920. The number of ether oxygens (including phenoxy) is 1. The van der Waals surface area contributed by atoms with Crippen LogP contribution in [0.5, 0.6) is 5.75 Å². The Balaban J connectivity index is 1.49. The monoisotopic (exact) mass is 458 g/mol. The average molecular weight is 458 g/mol. The Kier molecular flexibility index (Phi) is 4.27. The first-order valence-corrected chi connectivity index (χ1v) is 9.74. The zero-order chi connectivity index (χ0) is 25.1. The Hall–Kier alpha value is -3.95. The first kappa shape index (κ1) is 18.6. The number of aryl methyl sites for hydroxylation is 1. The van der Waals surface area contributed by atoms with Crippen LogP contribution in [0.2, 0.25) is 0 Å². The van der Waals surface area contributed by atoms with Gasteiger partial charge < -0.3 is 9.64 Å². The van der Waals surface area contributed by atoms with E-state index in [9.17, 15) is 18.0 Å². The number of alkyl halides is 3. The first-order chi connectivity index (χ1) is 16.5. The average Bonchev–Trinajstić information content (AvgIpc) is 3.26. The highest BCUT2D eigenvalue weighted by Gasteiger charge is 2.33. The number of nitrogens with zero attached hydrogens (tertiary/aromatic N) is 4. The van der Waals surface area contributed by atoms with E-state index >= 15 is 4.39 Å². The standard InChI is InChI=1S/C23H16F4N4O2/c1-30-11-17-15(6-7-20(21(17)29-30)33-23(25,26)27)13-4-5-14(18(24)9-13)10-31-12-19-16(22(31)32)3-2-8-28-19/h2-9,11H,10,12H2,1H3/i12D2. The summed E-state index contributed by atoms with van der Waals surface area (Å²) >= 11 is 0.